The topological polar surface area (TPSA) is 43.7 Å². The molecule has 0 heterocycles. The summed E-state index contributed by atoms with van der Waals surface area (Å²) in [6.45, 7) is 1.65. The van der Waals surface area contributed by atoms with Crippen LogP contribution in [-0.2, 0) is 6.54 Å². The molecular weight excluding hydrogens is 298 g/mol. The van der Waals surface area contributed by atoms with Crippen LogP contribution in [0.3, 0.4) is 0 Å². The van der Waals surface area contributed by atoms with Gasteiger partial charge in [-0.25, -0.2) is 0 Å². The Hall–Kier alpha value is -2.36. The summed E-state index contributed by atoms with van der Waals surface area (Å²) in [4.78, 5) is 2.23. The molecule has 3 aromatic rings. The van der Waals surface area contributed by atoms with Crippen LogP contribution in [0.15, 0.2) is 66.7 Å². The lowest BCUT2D eigenvalue weighted by atomic mass is 10.0. The molecule has 0 aliphatic heterocycles. The Morgan fingerprint density at radius 2 is 1.62 bits per heavy atom. The van der Waals surface area contributed by atoms with Crippen molar-refractivity contribution in [3.05, 3.63) is 77.9 Å². The number of aromatic hydroxyl groups is 1. The first-order chi connectivity index (χ1) is 11.6. The number of hydrogen-bond acceptors (Lipinski definition) is 3. The predicted molar refractivity (Wildman–Crippen MR) is 98.0 cm³/mol. The molecule has 0 bridgehead atoms. The van der Waals surface area contributed by atoms with E-state index in [9.17, 15) is 10.2 Å². The molecular formula is C21H23NO2. The summed E-state index contributed by atoms with van der Waals surface area (Å²) >= 11 is 0. The Morgan fingerprint density at radius 1 is 0.917 bits per heavy atom. The quantitative estimate of drug-likeness (QED) is 0.718. The summed E-state index contributed by atoms with van der Waals surface area (Å²) in [6, 6.07) is 21.6. The van der Waals surface area contributed by atoms with E-state index < -0.39 is 6.10 Å². The average molecular weight is 321 g/mol. The highest BCUT2D eigenvalue weighted by molar-refractivity contribution is 5.85. The van der Waals surface area contributed by atoms with E-state index in [-0.39, 0.29) is 5.75 Å². The number of phenolic OH excluding ortho intramolecular Hbond substituents is 1. The van der Waals surface area contributed by atoms with E-state index in [1.165, 1.54) is 16.3 Å². The second-order valence-electron chi connectivity index (χ2n) is 6.27. The number of nitrogens with zero attached hydrogens (tertiary/aromatic N) is 1. The molecule has 0 amide bonds. The Kier molecular flexibility index (Phi) is 5.14. The maximum absolute atomic E-state index is 10.3. The maximum Gasteiger partial charge on any atom is 0.115 e. The standard InChI is InChI=1S/C21H23NO2/c1-22(14-13-21(24)17-9-11-19(23)12-10-17)15-18-7-4-6-16-5-2-3-8-20(16)18/h2-12,21,23-24H,13-15H2,1H3. The first kappa shape index (κ1) is 16.5. The van der Waals surface area contributed by atoms with Gasteiger partial charge >= 0.3 is 0 Å². The lowest BCUT2D eigenvalue weighted by Crippen LogP contribution is -2.21. The molecule has 124 valence electrons. The molecule has 3 heteroatoms. The molecule has 0 saturated carbocycles. The lowest BCUT2D eigenvalue weighted by Gasteiger charge is -2.20. The molecule has 0 aliphatic carbocycles. The van der Waals surface area contributed by atoms with E-state index in [4.69, 9.17) is 0 Å². The number of aliphatic hydroxyl groups is 1. The fourth-order valence-corrected chi connectivity index (χ4v) is 3.01. The van der Waals surface area contributed by atoms with Gasteiger partial charge < -0.3 is 15.1 Å². The van der Waals surface area contributed by atoms with Crippen molar-refractivity contribution in [2.24, 2.45) is 0 Å². The van der Waals surface area contributed by atoms with Gasteiger partial charge in [0.2, 0.25) is 0 Å². The highest BCUT2D eigenvalue weighted by Gasteiger charge is 2.10. The van der Waals surface area contributed by atoms with Crippen LogP contribution in [-0.4, -0.2) is 28.7 Å². The van der Waals surface area contributed by atoms with Crippen molar-refractivity contribution < 1.29 is 10.2 Å². The molecule has 0 aliphatic rings. The van der Waals surface area contributed by atoms with Gasteiger partial charge in [0.15, 0.2) is 0 Å². The lowest BCUT2D eigenvalue weighted by molar-refractivity contribution is 0.147. The fourth-order valence-electron chi connectivity index (χ4n) is 3.01. The van der Waals surface area contributed by atoms with Crippen molar-refractivity contribution in [1.82, 2.24) is 4.90 Å². The third-order valence-electron chi connectivity index (χ3n) is 4.38. The largest absolute Gasteiger partial charge is 0.508 e. The van der Waals surface area contributed by atoms with Crippen molar-refractivity contribution in [3.8, 4) is 5.75 Å². The average Bonchev–Trinajstić information content (AvgIpc) is 2.61. The predicted octanol–water partition coefficient (Wildman–Crippen LogP) is 4.10. The minimum atomic E-state index is -0.513. The molecule has 1 unspecified atom stereocenters. The summed E-state index contributed by atoms with van der Waals surface area (Å²) in [5.41, 5.74) is 2.14. The van der Waals surface area contributed by atoms with Crippen LogP contribution in [0.25, 0.3) is 10.8 Å². The van der Waals surface area contributed by atoms with Gasteiger partial charge in [-0.3, -0.25) is 0 Å². The summed E-state index contributed by atoms with van der Waals surface area (Å²) in [6.07, 6.45) is 0.145. The molecule has 2 N–H and O–H groups in total. The summed E-state index contributed by atoms with van der Waals surface area (Å²) in [7, 11) is 2.07. The molecule has 0 radical (unpaired) electrons. The Morgan fingerprint density at radius 3 is 2.42 bits per heavy atom. The van der Waals surface area contributed by atoms with Gasteiger partial charge in [-0.1, -0.05) is 54.6 Å². The summed E-state index contributed by atoms with van der Waals surface area (Å²) < 4.78 is 0. The zero-order chi connectivity index (χ0) is 16.9. The molecule has 0 aromatic heterocycles. The monoisotopic (exact) mass is 321 g/mol. The maximum atomic E-state index is 10.3. The van der Waals surface area contributed by atoms with E-state index in [0.717, 1.165) is 18.7 Å². The van der Waals surface area contributed by atoms with Gasteiger partial charge in [0.1, 0.15) is 5.75 Å². The van der Waals surface area contributed by atoms with Crippen LogP contribution in [0.4, 0.5) is 0 Å². The minimum Gasteiger partial charge on any atom is -0.508 e. The van der Waals surface area contributed by atoms with Crippen LogP contribution in [0.1, 0.15) is 23.7 Å². The van der Waals surface area contributed by atoms with Gasteiger partial charge in [0.05, 0.1) is 6.10 Å². The number of aliphatic hydroxyl groups excluding tert-OH is 1. The van der Waals surface area contributed by atoms with Crippen LogP contribution in [0, 0.1) is 0 Å². The number of rotatable bonds is 6. The minimum absolute atomic E-state index is 0.221. The van der Waals surface area contributed by atoms with E-state index >= 15 is 0 Å². The van der Waals surface area contributed by atoms with E-state index in [1.807, 2.05) is 0 Å². The second-order valence-corrected chi connectivity index (χ2v) is 6.27. The molecule has 3 aromatic carbocycles. The van der Waals surface area contributed by atoms with E-state index in [2.05, 4.69) is 54.4 Å². The SMILES string of the molecule is CN(CCC(O)c1ccc(O)cc1)Cc1cccc2ccccc12. The molecule has 24 heavy (non-hydrogen) atoms. The second kappa shape index (κ2) is 7.47. The summed E-state index contributed by atoms with van der Waals surface area (Å²) in [5.74, 6) is 0.221. The van der Waals surface area contributed by atoms with Gasteiger partial charge in [-0.2, -0.15) is 0 Å². The third kappa shape index (κ3) is 3.94. The Bertz CT molecular complexity index is 793. The number of fused-ring (bicyclic) bond motifs is 1. The highest BCUT2D eigenvalue weighted by Crippen LogP contribution is 2.22. The van der Waals surface area contributed by atoms with Crippen LogP contribution < -0.4 is 0 Å². The molecule has 3 nitrogen and oxygen atoms in total. The van der Waals surface area contributed by atoms with Crippen molar-refractivity contribution in [2.75, 3.05) is 13.6 Å². The number of phenols is 1. The van der Waals surface area contributed by atoms with Gasteiger partial charge in [0.25, 0.3) is 0 Å². The van der Waals surface area contributed by atoms with Crippen molar-refractivity contribution in [3.63, 3.8) is 0 Å². The van der Waals surface area contributed by atoms with Gasteiger partial charge in [0, 0.05) is 13.1 Å². The Labute approximate surface area is 142 Å². The molecule has 0 spiro atoms. The first-order valence-corrected chi connectivity index (χ1v) is 8.25. The smallest absolute Gasteiger partial charge is 0.115 e. The molecule has 1 atom stereocenters. The zero-order valence-corrected chi connectivity index (χ0v) is 13.9. The molecule has 3 rings (SSSR count). The first-order valence-electron chi connectivity index (χ1n) is 8.25. The third-order valence-corrected chi connectivity index (χ3v) is 4.38. The zero-order valence-electron chi connectivity index (χ0n) is 13.9. The van der Waals surface area contributed by atoms with Crippen molar-refractivity contribution in [1.29, 1.82) is 0 Å². The molecule has 0 fully saturated rings. The highest BCUT2D eigenvalue weighted by atomic mass is 16.3. The number of benzene rings is 3. The van der Waals surface area contributed by atoms with Gasteiger partial charge in [-0.15, -0.1) is 0 Å². The normalized spacial score (nSPS) is 12.6. The summed E-state index contributed by atoms with van der Waals surface area (Å²) in [5, 5.41) is 22.1. The van der Waals surface area contributed by atoms with Crippen molar-refractivity contribution >= 4 is 10.8 Å². The number of hydrogen-bond donors (Lipinski definition) is 2. The van der Waals surface area contributed by atoms with Crippen LogP contribution in [0.5, 0.6) is 5.75 Å². The van der Waals surface area contributed by atoms with Crippen LogP contribution >= 0.6 is 0 Å². The van der Waals surface area contributed by atoms with Gasteiger partial charge in [-0.05, 0) is 47.5 Å². The molecule has 0 saturated heterocycles. The van der Waals surface area contributed by atoms with Crippen molar-refractivity contribution in [2.45, 2.75) is 19.1 Å². The Balaban J connectivity index is 1.61. The van der Waals surface area contributed by atoms with E-state index in [0.29, 0.717) is 6.42 Å². The van der Waals surface area contributed by atoms with E-state index in [1.54, 1.807) is 24.3 Å². The van der Waals surface area contributed by atoms with Crippen LogP contribution in [0.2, 0.25) is 0 Å². The fraction of sp³-hybridized carbons (Fsp3) is 0.238.